The molecule has 1 heterocycles. The van der Waals surface area contributed by atoms with E-state index in [0.717, 1.165) is 31.6 Å². The van der Waals surface area contributed by atoms with Gasteiger partial charge in [0.25, 0.3) is 0 Å². The van der Waals surface area contributed by atoms with Gasteiger partial charge in [0.05, 0.1) is 0 Å². The lowest BCUT2D eigenvalue weighted by Gasteiger charge is -2.23. The molecule has 0 amide bonds. The second kappa shape index (κ2) is 6.87. The predicted octanol–water partition coefficient (Wildman–Crippen LogP) is 2.98. The van der Waals surface area contributed by atoms with E-state index in [-0.39, 0.29) is 12.1 Å². The molecule has 0 radical (unpaired) electrons. The minimum atomic E-state index is -0.170. The van der Waals surface area contributed by atoms with E-state index in [9.17, 15) is 4.39 Å². The molecule has 0 N–H and O–H groups in total. The number of halogens is 1. The SMILES string of the molecule is CCOC(CCN1CCc2ccc(F)cc21)OCC. The van der Waals surface area contributed by atoms with Crippen LogP contribution in [0.2, 0.25) is 0 Å². The molecule has 1 aromatic carbocycles. The second-order valence-corrected chi connectivity index (χ2v) is 4.64. The zero-order valence-electron chi connectivity index (χ0n) is 11.7. The highest BCUT2D eigenvalue weighted by Crippen LogP contribution is 2.28. The summed E-state index contributed by atoms with van der Waals surface area (Å²) in [5.41, 5.74) is 2.25. The van der Waals surface area contributed by atoms with Crippen LogP contribution in [0.4, 0.5) is 10.1 Å². The van der Waals surface area contributed by atoms with E-state index in [1.165, 1.54) is 11.6 Å². The third-order valence-corrected chi connectivity index (χ3v) is 3.38. The Morgan fingerprint density at radius 2 is 2.00 bits per heavy atom. The maximum Gasteiger partial charge on any atom is 0.159 e. The number of nitrogens with zero attached hydrogens (tertiary/aromatic N) is 1. The Kier molecular flexibility index (Phi) is 5.16. The highest BCUT2D eigenvalue weighted by Gasteiger charge is 2.20. The normalized spacial score (nSPS) is 14.2. The van der Waals surface area contributed by atoms with E-state index >= 15 is 0 Å². The first-order valence-corrected chi connectivity index (χ1v) is 7.01. The molecule has 0 bridgehead atoms. The molecule has 1 aromatic rings. The molecule has 0 saturated carbocycles. The molecule has 0 fully saturated rings. The first kappa shape index (κ1) is 14.3. The van der Waals surface area contributed by atoms with Crippen molar-refractivity contribution in [2.24, 2.45) is 0 Å². The fourth-order valence-corrected chi connectivity index (χ4v) is 2.50. The minimum Gasteiger partial charge on any atom is -0.371 e. The first-order valence-electron chi connectivity index (χ1n) is 7.01. The molecule has 4 heteroatoms. The summed E-state index contributed by atoms with van der Waals surface area (Å²) in [6.07, 6.45) is 1.63. The van der Waals surface area contributed by atoms with Gasteiger partial charge in [0.15, 0.2) is 6.29 Å². The minimum absolute atomic E-state index is 0.160. The van der Waals surface area contributed by atoms with Crippen molar-refractivity contribution >= 4 is 5.69 Å². The summed E-state index contributed by atoms with van der Waals surface area (Å²) in [6.45, 7) is 7.01. The van der Waals surface area contributed by atoms with Crippen LogP contribution in [0.15, 0.2) is 18.2 Å². The highest BCUT2D eigenvalue weighted by molar-refractivity contribution is 5.58. The zero-order chi connectivity index (χ0) is 13.7. The molecule has 0 aliphatic carbocycles. The summed E-state index contributed by atoms with van der Waals surface area (Å²) in [4.78, 5) is 2.21. The van der Waals surface area contributed by atoms with Crippen LogP contribution in [0.3, 0.4) is 0 Å². The maximum absolute atomic E-state index is 13.3. The van der Waals surface area contributed by atoms with Crippen molar-refractivity contribution < 1.29 is 13.9 Å². The number of hydrogen-bond donors (Lipinski definition) is 0. The molecule has 1 aliphatic rings. The Bertz CT molecular complexity index is 405. The second-order valence-electron chi connectivity index (χ2n) is 4.64. The average Bonchev–Trinajstić information content (AvgIpc) is 2.79. The third kappa shape index (κ3) is 3.67. The van der Waals surface area contributed by atoms with E-state index in [1.807, 2.05) is 19.9 Å². The lowest BCUT2D eigenvalue weighted by atomic mass is 10.2. The zero-order valence-corrected chi connectivity index (χ0v) is 11.7. The van der Waals surface area contributed by atoms with Crippen LogP contribution in [0, 0.1) is 5.82 Å². The molecule has 0 unspecified atom stereocenters. The summed E-state index contributed by atoms with van der Waals surface area (Å²) >= 11 is 0. The molecule has 0 aromatic heterocycles. The smallest absolute Gasteiger partial charge is 0.159 e. The lowest BCUT2D eigenvalue weighted by Crippen LogP contribution is -2.28. The molecule has 106 valence electrons. The molecular formula is C15H22FNO2. The monoisotopic (exact) mass is 267 g/mol. The summed E-state index contributed by atoms with van der Waals surface area (Å²) in [6, 6.07) is 5.04. The van der Waals surface area contributed by atoms with Crippen LogP contribution >= 0.6 is 0 Å². The van der Waals surface area contributed by atoms with Crippen LogP contribution in [-0.2, 0) is 15.9 Å². The van der Waals surface area contributed by atoms with Crippen molar-refractivity contribution in [3.8, 4) is 0 Å². The maximum atomic E-state index is 13.3. The van der Waals surface area contributed by atoms with Gasteiger partial charge in [-0.05, 0) is 38.0 Å². The third-order valence-electron chi connectivity index (χ3n) is 3.38. The summed E-state index contributed by atoms with van der Waals surface area (Å²) < 4.78 is 24.4. The van der Waals surface area contributed by atoms with Crippen LogP contribution in [-0.4, -0.2) is 32.6 Å². The fourth-order valence-electron chi connectivity index (χ4n) is 2.50. The molecule has 0 spiro atoms. The molecule has 2 rings (SSSR count). The number of hydrogen-bond acceptors (Lipinski definition) is 3. The van der Waals surface area contributed by atoms with Gasteiger partial charge in [0.2, 0.25) is 0 Å². The lowest BCUT2D eigenvalue weighted by molar-refractivity contribution is -0.138. The van der Waals surface area contributed by atoms with Gasteiger partial charge in [0.1, 0.15) is 5.82 Å². The van der Waals surface area contributed by atoms with Crippen molar-refractivity contribution in [2.45, 2.75) is 33.0 Å². The average molecular weight is 267 g/mol. The summed E-state index contributed by atoms with van der Waals surface area (Å²) in [7, 11) is 0. The van der Waals surface area contributed by atoms with Crippen molar-refractivity contribution in [1.29, 1.82) is 0 Å². The largest absolute Gasteiger partial charge is 0.371 e. The van der Waals surface area contributed by atoms with Gasteiger partial charge >= 0.3 is 0 Å². The molecule has 1 aliphatic heterocycles. The Labute approximate surface area is 114 Å². The van der Waals surface area contributed by atoms with Gasteiger partial charge in [-0.2, -0.15) is 0 Å². The number of anilines is 1. The standard InChI is InChI=1S/C15H22FNO2/c1-3-18-15(19-4-2)8-10-17-9-7-12-5-6-13(16)11-14(12)17/h5-6,11,15H,3-4,7-10H2,1-2H3. The van der Waals surface area contributed by atoms with Gasteiger partial charge in [0, 0.05) is 38.4 Å². The molecular weight excluding hydrogens is 245 g/mol. The molecule has 0 atom stereocenters. The van der Waals surface area contributed by atoms with Crippen LogP contribution < -0.4 is 4.90 Å². The topological polar surface area (TPSA) is 21.7 Å². The van der Waals surface area contributed by atoms with E-state index in [2.05, 4.69) is 4.90 Å². The number of fused-ring (bicyclic) bond motifs is 1. The van der Waals surface area contributed by atoms with Gasteiger partial charge in [-0.1, -0.05) is 6.07 Å². The van der Waals surface area contributed by atoms with E-state index in [4.69, 9.17) is 9.47 Å². The Balaban J connectivity index is 1.93. The van der Waals surface area contributed by atoms with Crippen molar-refractivity contribution in [3.63, 3.8) is 0 Å². The summed E-state index contributed by atoms with van der Waals surface area (Å²) in [5.74, 6) is -0.170. The summed E-state index contributed by atoms with van der Waals surface area (Å²) in [5, 5.41) is 0. The van der Waals surface area contributed by atoms with Gasteiger partial charge in [-0.3, -0.25) is 0 Å². The van der Waals surface area contributed by atoms with E-state index in [1.54, 1.807) is 6.07 Å². The quantitative estimate of drug-likeness (QED) is 0.709. The first-order chi connectivity index (χ1) is 9.24. The molecule has 3 nitrogen and oxygen atoms in total. The number of ether oxygens (including phenoxy) is 2. The van der Waals surface area contributed by atoms with Crippen molar-refractivity contribution in [3.05, 3.63) is 29.6 Å². The van der Waals surface area contributed by atoms with Crippen molar-refractivity contribution in [1.82, 2.24) is 0 Å². The van der Waals surface area contributed by atoms with Crippen LogP contribution in [0.25, 0.3) is 0 Å². The highest BCUT2D eigenvalue weighted by atomic mass is 19.1. The van der Waals surface area contributed by atoms with Gasteiger partial charge in [-0.25, -0.2) is 4.39 Å². The molecule has 0 saturated heterocycles. The predicted molar refractivity (Wildman–Crippen MR) is 74.0 cm³/mol. The van der Waals surface area contributed by atoms with Crippen LogP contribution in [0.5, 0.6) is 0 Å². The Morgan fingerprint density at radius 1 is 1.26 bits per heavy atom. The number of rotatable bonds is 7. The number of benzene rings is 1. The van der Waals surface area contributed by atoms with Crippen LogP contribution in [0.1, 0.15) is 25.8 Å². The van der Waals surface area contributed by atoms with E-state index < -0.39 is 0 Å². The molecule has 19 heavy (non-hydrogen) atoms. The van der Waals surface area contributed by atoms with Gasteiger partial charge in [-0.15, -0.1) is 0 Å². The fraction of sp³-hybridized carbons (Fsp3) is 0.600. The van der Waals surface area contributed by atoms with E-state index in [0.29, 0.717) is 13.2 Å². The van der Waals surface area contributed by atoms with Gasteiger partial charge < -0.3 is 14.4 Å². The van der Waals surface area contributed by atoms with Crippen molar-refractivity contribution in [2.75, 3.05) is 31.2 Å². The Morgan fingerprint density at radius 3 is 2.68 bits per heavy atom. The Hall–Kier alpha value is -1.13.